The molecule has 0 aliphatic heterocycles. The number of anilines is 2. The van der Waals surface area contributed by atoms with Crippen molar-refractivity contribution < 1.29 is 37.5 Å². The van der Waals surface area contributed by atoms with E-state index >= 15 is 4.39 Å². The molecule has 5 rings (SSSR count). The zero-order valence-corrected chi connectivity index (χ0v) is 28.3. The molecule has 3 amide bonds. The van der Waals surface area contributed by atoms with Crippen molar-refractivity contribution in [3.63, 3.8) is 0 Å². The van der Waals surface area contributed by atoms with Gasteiger partial charge in [0.25, 0.3) is 5.89 Å². The van der Waals surface area contributed by atoms with Gasteiger partial charge in [0.2, 0.25) is 5.82 Å². The lowest BCUT2D eigenvalue weighted by Crippen LogP contribution is -2.43. The molecule has 0 spiro atoms. The number of carbonyl (C=O) groups is 3. The van der Waals surface area contributed by atoms with E-state index in [9.17, 15) is 23.9 Å². The Hall–Kier alpha value is -5.38. The number of benzene rings is 2. The lowest BCUT2D eigenvalue weighted by atomic mass is 9.83. The molecular formula is C33H32BrF2N7O6. The van der Waals surface area contributed by atoms with Gasteiger partial charge in [-0.3, -0.25) is 15.7 Å². The van der Waals surface area contributed by atoms with Crippen LogP contribution in [0.2, 0.25) is 0 Å². The molecule has 0 radical (unpaired) electrons. The number of carbonyl (C=O) groups excluding carboxylic acids is 2. The molecule has 0 fully saturated rings. The molecule has 1 aliphatic rings. The average molecular weight is 741 g/mol. The number of allylic oxidation sites excluding steroid dienone is 3. The average Bonchev–Trinajstić information content (AvgIpc) is 3.67. The zero-order chi connectivity index (χ0) is 35.5. The first-order valence-corrected chi connectivity index (χ1v) is 15.7. The minimum Gasteiger partial charge on any atom is -0.480 e. The van der Waals surface area contributed by atoms with E-state index in [1.807, 2.05) is 0 Å². The van der Waals surface area contributed by atoms with Gasteiger partial charge in [-0.15, -0.1) is 0 Å². The summed E-state index contributed by atoms with van der Waals surface area (Å²) in [7, 11) is 0. The Labute approximate surface area is 287 Å². The van der Waals surface area contributed by atoms with Gasteiger partial charge in [0.1, 0.15) is 23.1 Å². The molecule has 5 N–H and O–H groups in total. The largest absolute Gasteiger partial charge is 0.480 e. The Bertz CT molecular complexity index is 1950. The first-order chi connectivity index (χ1) is 23.1. The monoisotopic (exact) mass is 739 g/mol. The van der Waals surface area contributed by atoms with Crippen LogP contribution in [0.3, 0.4) is 0 Å². The molecule has 2 atom stereocenters. The van der Waals surface area contributed by atoms with Gasteiger partial charge in [-0.1, -0.05) is 22.9 Å². The van der Waals surface area contributed by atoms with Crippen molar-refractivity contribution in [1.82, 2.24) is 25.7 Å². The van der Waals surface area contributed by atoms with Crippen LogP contribution in [0.5, 0.6) is 0 Å². The number of aromatic nitrogens is 4. The molecule has 2 aromatic carbocycles. The van der Waals surface area contributed by atoms with Gasteiger partial charge in [-0.25, -0.2) is 23.2 Å². The molecular weight excluding hydrogens is 708 g/mol. The normalized spacial score (nSPS) is 16.6. The molecule has 256 valence electrons. The minimum atomic E-state index is -1.99. The van der Waals surface area contributed by atoms with Gasteiger partial charge in [-0.2, -0.15) is 10.1 Å². The van der Waals surface area contributed by atoms with Crippen LogP contribution in [0.15, 0.2) is 75.3 Å². The van der Waals surface area contributed by atoms with Crippen LogP contribution in [-0.2, 0) is 9.53 Å². The fraction of sp³-hybridized carbons (Fsp3) is 0.273. The van der Waals surface area contributed by atoms with Gasteiger partial charge < -0.3 is 19.7 Å². The van der Waals surface area contributed by atoms with Crippen LogP contribution < -0.4 is 16.0 Å². The van der Waals surface area contributed by atoms with Crippen LogP contribution in [-0.4, -0.2) is 60.8 Å². The Kier molecular flexibility index (Phi) is 9.98. The van der Waals surface area contributed by atoms with Crippen molar-refractivity contribution in [1.29, 1.82) is 0 Å². The Morgan fingerprint density at radius 3 is 2.47 bits per heavy atom. The predicted molar refractivity (Wildman–Crippen MR) is 180 cm³/mol. The molecule has 2 aromatic heterocycles. The number of amides is 3. The first-order valence-electron chi connectivity index (χ1n) is 14.9. The number of aromatic amines is 1. The molecule has 16 heteroatoms. The summed E-state index contributed by atoms with van der Waals surface area (Å²) in [5, 5.41) is 27.9. The summed E-state index contributed by atoms with van der Waals surface area (Å²) in [6, 6.07) is 10.2. The van der Waals surface area contributed by atoms with Crippen molar-refractivity contribution in [2.45, 2.75) is 57.8 Å². The summed E-state index contributed by atoms with van der Waals surface area (Å²) in [5.41, 5.74) is 0.0361. The van der Waals surface area contributed by atoms with E-state index < -0.39 is 41.2 Å². The molecule has 13 nitrogen and oxygen atoms in total. The number of aliphatic carboxylic acids is 1. The van der Waals surface area contributed by atoms with E-state index in [-0.39, 0.29) is 40.4 Å². The summed E-state index contributed by atoms with van der Waals surface area (Å²) in [4.78, 5) is 41.1. The maximum Gasteiger partial charge on any atom is 0.412 e. The third-order valence-corrected chi connectivity index (χ3v) is 7.78. The molecule has 0 saturated heterocycles. The highest BCUT2D eigenvalue weighted by molar-refractivity contribution is 9.10. The topological polar surface area (TPSA) is 184 Å². The van der Waals surface area contributed by atoms with Crippen molar-refractivity contribution in [3.05, 3.63) is 82.4 Å². The minimum absolute atomic E-state index is 0.0184. The number of alkyl halides is 1. The maximum atomic E-state index is 16.0. The van der Waals surface area contributed by atoms with Gasteiger partial charge in [-0.05, 0) is 92.5 Å². The second kappa shape index (κ2) is 14.0. The lowest BCUT2D eigenvalue weighted by molar-refractivity contribution is -0.139. The van der Waals surface area contributed by atoms with Gasteiger partial charge in [0.15, 0.2) is 5.82 Å². The Morgan fingerprint density at radius 1 is 1.10 bits per heavy atom. The molecule has 0 saturated carbocycles. The van der Waals surface area contributed by atoms with Crippen molar-refractivity contribution in [2.24, 2.45) is 0 Å². The van der Waals surface area contributed by atoms with Crippen molar-refractivity contribution >= 4 is 51.1 Å². The highest BCUT2D eigenvalue weighted by atomic mass is 79.9. The van der Waals surface area contributed by atoms with E-state index in [1.165, 1.54) is 37.3 Å². The molecule has 49 heavy (non-hydrogen) atoms. The summed E-state index contributed by atoms with van der Waals surface area (Å²) < 4.78 is 40.5. The molecule has 4 aromatic rings. The zero-order valence-electron chi connectivity index (χ0n) is 26.7. The van der Waals surface area contributed by atoms with E-state index in [4.69, 9.17) is 9.26 Å². The smallest absolute Gasteiger partial charge is 0.412 e. The van der Waals surface area contributed by atoms with E-state index in [1.54, 1.807) is 51.1 Å². The van der Waals surface area contributed by atoms with Gasteiger partial charge in [0.05, 0.1) is 10.2 Å². The summed E-state index contributed by atoms with van der Waals surface area (Å²) in [6.07, 6.45) is 2.06. The number of nitrogens with zero attached hydrogens (tertiary/aromatic N) is 3. The SMILES string of the molecule is CC(C)(C)OC(=O)Nc1ccc(-c2nc(C3=CC=C(CC(NC(=O)Nc4cc(-c5ccc(F)c(Br)c5)[nH]n4)C(=O)O)CC3(C)F)no2)cc1. The number of hydrogen-bond donors (Lipinski definition) is 5. The van der Waals surface area contributed by atoms with Crippen LogP contribution >= 0.6 is 15.9 Å². The van der Waals surface area contributed by atoms with Crippen molar-refractivity contribution in [2.75, 3.05) is 10.6 Å². The molecule has 2 unspecified atom stereocenters. The fourth-order valence-electron chi connectivity index (χ4n) is 4.94. The van der Waals surface area contributed by atoms with E-state index in [2.05, 4.69) is 52.2 Å². The molecule has 1 aliphatic carbocycles. The van der Waals surface area contributed by atoms with Crippen LogP contribution in [0.1, 0.15) is 46.4 Å². The second-order valence-corrected chi connectivity index (χ2v) is 13.3. The Morgan fingerprint density at radius 2 is 1.82 bits per heavy atom. The third kappa shape index (κ3) is 8.95. The van der Waals surface area contributed by atoms with Crippen molar-refractivity contribution in [3.8, 4) is 22.7 Å². The predicted octanol–water partition coefficient (Wildman–Crippen LogP) is 7.48. The number of ether oxygens (including phenoxy) is 1. The number of rotatable bonds is 9. The third-order valence-electron chi connectivity index (χ3n) is 7.17. The van der Waals surface area contributed by atoms with Gasteiger partial charge in [0, 0.05) is 34.9 Å². The summed E-state index contributed by atoms with van der Waals surface area (Å²) in [5.74, 6) is -1.51. The van der Waals surface area contributed by atoms with Crippen LogP contribution in [0.25, 0.3) is 28.3 Å². The first kappa shape index (κ1) is 34.9. The summed E-state index contributed by atoms with van der Waals surface area (Å²) >= 11 is 3.12. The fourth-order valence-corrected chi connectivity index (χ4v) is 5.32. The quantitative estimate of drug-likeness (QED) is 0.116. The second-order valence-electron chi connectivity index (χ2n) is 12.4. The van der Waals surface area contributed by atoms with Gasteiger partial charge >= 0.3 is 18.1 Å². The summed E-state index contributed by atoms with van der Waals surface area (Å²) in [6.45, 7) is 6.59. The number of carboxylic acids is 1. The molecule has 2 heterocycles. The van der Waals surface area contributed by atoms with E-state index in [0.717, 1.165) is 0 Å². The number of hydrogen-bond acceptors (Lipinski definition) is 8. The molecule has 0 bridgehead atoms. The van der Waals surface area contributed by atoms with E-state index in [0.29, 0.717) is 28.1 Å². The number of urea groups is 1. The number of H-pyrrole nitrogens is 1. The standard InChI is InChI=1S/C33H32BrF2N7O6/c1-32(2,3)48-31(47)37-20-9-6-18(7-10-20)28-40-27(43-49-28)21-11-5-17(16-33(21,4)36)13-25(29(44)45)38-30(46)39-26-15-24(41-42-26)19-8-12-23(35)22(34)14-19/h5-12,14-15,25H,13,16H2,1-4H3,(H,37,47)(H,44,45)(H3,38,39,41,42,46). The van der Waals surface area contributed by atoms with Crippen LogP contribution in [0.4, 0.5) is 29.9 Å². The highest BCUT2D eigenvalue weighted by Gasteiger charge is 2.37. The number of carboxylic acid groups (broad SMARTS) is 1. The lowest BCUT2D eigenvalue weighted by Gasteiger charge is -2.28. The maximum absolute atomic E-state index is 16.0. The van der Waals surface area contributed by atoms with Crippen LogP contribution in [0, 0.1) is 5.82 Å². The highest BCUT2D eigenvalue weighted by Crippen LogP contribution is 2.40. The Balaban J connectivity index is 1.22. The number of halogens is 3. The number of nitrogens with one attached hydrogen (secondary N) is 4.